The molecular weight excluding hydrogens is 248 g/mol. The van der Waals surface area contributed by atoms with Crippen LogP contribution in [-0.4, -0.2) is 21.2 Å². The lowest BCUT2D eigenvalue weighted by atomic mass is 10.1. The van der Waals surface area contributed by atoms with Crippen molar-refractivity contribution in [2.45, 2.75) is 13.0 Å². The highest BCUT2D eigenvalue weighted by atomic mass is 16.5. The van der Waals surface area contributed by atoms with Crippen molar-refractivity contribution in [1.29, 1.82) is 0 Å². The second-order valence-corrected chi connectivity index (χ2v) is 5.08. The molecule has 0 bridgehead atoms. The average molecular weight is 270 g/mol. The summed E-state index contributed by atoms with van der Waals surface area (Å²) in [5.41, 5.74) is 3.55. The molecule has 0 radical (unpaired) electrons. The topological polar surface area (TPSA) is 24.5 Å². The maximum Gasteiger partial charge on any atom is 0.118 e. The number of methoxy groups -OCH3 is 1. The molecule has 0 heterocycles. The minimum atomic E-state index is 0.248. The lowest BCUT2D eigenvalue weighted by Crippen LogP contribution is -2.10. The van der Waals surface area contributed by atoms with Gasteiger partial charge in [-0.3, -0.25) is 0 Å². The molecule has 2 rings (SSSR count). The number of ether oxygens (including phenoxy) is 1. The van der Waals surface area contributed by atoms with Gasteiger partial charge in [0.15, 0.2) is 0 Å². The molecule has 0 amide bonds. The third-order valence-electron chi connectivity index (χ3n) is 3.36. The highest BCUT2D eigenvalue weighted by molar-refractivity contribution is 5.58. The van der Waals surface area contributed by atoms with Crippen LogP contribution in [0.15, 0.2) is 48.5 Å². The van der Waals surface area contributed by atoms with Crippen LogP contribution in [-0.2, 0) is 0 Å². The van der Waals surface area contributed by atoms with Crippen molar-refractivity contribution < 1.29 is 4.74 Å². The molecule has 0 saturated carbocycles. The van der Waals surface area contributed by atoms with E-state index < -0.39 is 0 Å². The number of hydrogen-bond acceptors (Lipinski definition) is 3. The van der Waals surface area contributed by atoms with Crippen LogP contribution in [0.1, 0.15) is 18.5 Å². The first-order valence-electron chi connectivity index (χ1n) is 6.78. The molecule has 0 saturated heterocycles. The molecule has 0 aliphatic rings. The van der Waals surface area contributed by atoms with Crippen LogP contribution in [0.25, 0.3) is 0 Å². The van der Waals surface area contributed by atoms with E-state index in [0.29, 0.717) is 0 Å². The number of benzene rings is 2. The second kappa shape index (κ2) is 6.33. The number of hydrogen-bond donors (Lipinski definition) is 1. The molecule has 1 unspecified atom stereocenters. The Bertz CT molecular complexity index is 549. The van der Waals surface area contributed by atoms with Gasteiger partial charge in [-0.15, -0.1) is 0 Å². The van der Waals surface area contributed by atoms with Gasteiger partial charge in [0.05, 0.1) is 7.11 Å². The van der Waals surface area contributed by atoms with Gasteiger partial charge < -0.3 is 15.0 Å². The Morgan fingerprint density at radius 2 is 1.75 bits per heavy atom. The van der Waals surface area contributed by atoms with Crippen LogP contribution in [0.2, 0.25) is 0 Å². The molecular formula is C17H22N2O. The third-order valence-corrected chi connectivity index (χ3v) is 3.36. The molecule has 20 heavy (non-hydrogen) atoms. The minimum absolute atomic E-state index is 0.248. The first kappa shape index (κ1) is 14.3. The fraction of sp³-hybridized carbons (Fsp3) is 0.294. The highest BCUT2D eigenvalue weighted by Crippen LogP contribution is 2.24. The molecule has 1 N–H and O–H groups in total. The first-order chi connectivity index (χ1) is 9.60. The van der Waals surface area contributed by atoms with Crippen LogP contribution in [0.4, 0.5) is 11.4 Å². The normalized spacial score (nSPS) is 11.8. The Balaban J connectivity index is 2.10. The Morgan fingerprint density at radius 1 is 1.05 bits per heavy atom. The summed E-state index contributed by atoms with van der Waals surface area (Å²) in [6.07, 6.45) is 0. The fourth-order valence-corrected chi connectivity index (χ4v) is 2.10. The second-order valence-electron chi connectivity index (χ2n) is 5.08. The van der Waals surface area contributed by atoms with Crippen LogP contribution in [0.5, 0.6) is 5.75 Å². The molecule has 3 nitrogen and oxygen atoms in total. The molecule has 0 spiro atoms. The van der Waals surface area contributed by atoms with Crippen molar-refractivity contribution in [2.75, 3.05) is 31.4 Å². The SMILES string of the molecule is COc1ccc(C(C)Nc2cccc(N(C)C)c2)cc1. The van der Waals surface area contributed by atoms with E-state index in [1.165, 1.54) is 11.3 Å². The smallest absolute Gasteiger partial charge is 0.118 e. The molecule has 2 aromatic rings. The quantitative estimate of drug-likeness (QED) is 0.890. The van der Waals surface area contributed by atoms with Gasteiger partial charge in [0.25, 0.3) is 0 Å². The summed E-state index contributed by atoms with van der Waals surface area (Å²) >= 11 is 0. The Hall–Kier alpha value is -2.16. The number of anilines is 2. The predicted molar refractivity (Wildman–Crippen MR) is 85.8 cm³/mol. The van der Waals surface area contributed by atoms with Gasteiger partial charge in [-0.25, -0.2) is 0 Å². The Kier molecular flexibility index (Phi) is 4.51. The van der Waals surface area contributed by atoms with E-state index in [-0.39, 0.29) is 6.04 Å². The van der Waals surface area contributed by atoms with Crippen molar-refractivity contribution in [1.82, 2.24) is 0 Å². The number of rotatable bonds is 5. The molecule has 0 aliphatic heterocycles. The van der Waals surface area contributed by atoms with Crippen molar-refractivity contribution in [2.24, 2.45) is 0 Å². The largest absolute Gasteiger partial charge is 0.497 e. The van der Waals surface area contributed by atoms with E-state index in [1.54, 1.807) is 7.11 Å². The zero-order chi connectivity index (χ0) is 14.5. The molecule has 3 heteroatoms. The fourth-order valence-electron chi connectivity index (χ4n) is 2.10. The van der Waals surface area contributed by atoms with E-state index >= 15 is 0 Å². The van der Waals surface area contributed by atoms with E-state index in [9.17, 15) is 0 Å². The third kappa shape index (κ3) is 3.44. The minimum Gasteiger partial charge on any atom is -0.497 e. The molecule has 1 atom stereocenters. The van der Waals surface area contributed by atoms with Gasteiger partial charge in [-0.2, -0.15) is 0 Å². The Labute approximate surface area is 121 Å². The zero-order valence-corrected chi connectivity index (χ0v) is 12.6. The number of nitrogens with one attached hydrogen (secondary N) is 1. The molecule has 0 aliphatic carbocycles. The van der Waals surface area contributed by atoms with Crippen LogP contribution in [0, 0.1) is 0 Å². The molecule has 0 fully saturated rings. The molecule has 106 valence electrons. The first-order valence-corrected chi connectivity index (χ1v) is 6.78. The van der Waals surface area contributed by atoms with Crippen molar-refractivity contribution in [3.8, 4) is 5.75 Å². The van der Waals surface area contributed by atoms with Crippen LogP contribution in [0.3, 0.4) is 0 Å². The highest BCUT2D eigenvalue weighted by Gasteiger charge is 2.06. The van der Waals surface area contributed by atoms with Crippen LogP contribution >= 0.6 is 0 Å². The summed E-state index contributed by atoms with van der Waals surface area (Å²) in [6, 6.07) is 16.8. The predicted octanol–water partition coefficient (Wildman–Crippen LogP) is 3.93. The standard InChI is InChI=1S/C17H22N2O/c1-13(14-8-10-17(20-4)11-9-14)18-15-6-5-7-16(12-15)19(2)3/h5-13,18H,1-4H3. The van der Waals surface area contributed by atoms with Gasteiger partial charge in [0.2, 0.25) is 0 Å². The summed E-state index contributed by atoms with van der Waals surface area (Å²) in [6.45, 7) is 2.16. The summed E-state index contributed by atoms with van der Waals surface area (Å²) in [5.74, 6) is 0.885. The molecule has 2 aromatic carbocycles. The average Bonchev–Trinajstić information content (AvgIpc) is 2.47. The number of nitrogens with zero attached hydrogens (tertiary/aromatic N) is 1. The lowest BCUT2D eigenvalue weighted by Gasteiger charge is -2.18. The lowest BCUT2D eigenvalue weighted by molar-refractivity contribution is 0.414. The van der Waals surface area contributed by atoms with Gasteiger partial charge in [-0.1, -0.05) is 18.2 Å². The maximum absolute atomic E-state index is 5.18. The summed E-state index contributed by atoms with van der Waals surface area (Å²) in [4.78, 5) is 2.10. The van der Waals surface area contributed by atoms with E-state index in [4.69, 9.17) is 4.74 Å². The van der Waals surface area contributed by atoms with Crippen molar-refractivity contribution in [3.05, 3.63) is 54.1 Å². The summed E-state index contributed by atoms with van der Waals surface area (Å²) in [7, 11) is 5.78. The zero-order valence-electron chi connectivity index (χ0n) is 12.6. The summed E-state index contributed by atoms with van der Waals surface area (Å²) < 4.78 is 5.18. The van der Waals surface area contributed by atoms with Gasteiger partial charge in [-0.05, 0) is 42.8 Å². The maximum atomic E-state index is 5.18. The monoisotopic (exact) mass is 270 g/mol. The summed E-state index contributed by atoms with van der Waals surface area (Å²) in [5, 5.41) is 3.52. The van der Waals surface area contributed by atoms with E-state index in [0.717, 1.165) is 11.4 Å². The van der Waals surface area contributed by atoms with Crippen molar-refractivity contribution >= 4 is 11.4 Å². The van der Waals surface area contributed by atoms with E-state index in [1.807, 2.05) is 26.2 Å². The van der Waals surface area contributed by atoms with Gasteiger partial charge >= 0.3 is 0 Å². The molecule has 0 aromatic heterocycles. The Morgan fingerprint density at radius 3 is 2.35 bits per heavy atom. The van der Waals surface area contributed by atoms with Gasteiger partial charge in [0, 0.05) is 31.5 Å². The van der Waals surface area contributed by atoms with Crippen LogP contribution < -0.4 is 15.0 Å². The van der Waals surface area contributed by atoms with Crippen molar-refractivity contribution in [3.63, 3.8) is 0 Å². The van der Waals surface area contributed by atoms with Gasteiger partial charge in [0.1, 0.15) is 5.75 Å². The van der Waals surface area contributed by atoms with E-state index in [2.05, 4.69) is 53.5 Å².